The zero-order valence-electron chi connectivity index (χ0n) is 15.0. The van der Waals surface area contributed by atoms with Crippen molar-refractivity contribution in [2.24, 2.45) is 0 Å². The number of carbonyl (C=O) groups is 1. The zero-order valence-corrected chi connectivity index (χ0v) is 15.0. The molecule has 1 amide bonds. The van der Waals surface area contributed by atoms with E-state index in [4.69, 9.17) is 4.74 Å². The minimum Gasteiger partial charge on any atom is -0.454 e. The Labute approximate surface area is 160 Å². The molecule has 0 spiro atoms. The highest BCUT2D eigenvalue weighted by Crippen LogP contribution is 2.23. The van der Waals surface area contributed by atoms with Gasteiger partial charge in [0.1, 0.15) is 12.1 Å². The first-order valence-corrected chi connectivity index (χ1v) is 8.48. The minimum atomic E-state index is -0.962. The topological polar surface area (TPSA) is 64.1 Å². The molecule has 1 aromatic heterocycles. The third kappa shape index (κ3) is 5.20. The Morgan fingerprint density at radius 1 is 1.07 bits per heavy atom. The lowest BCUT2D eigenvalue weighted by atomic mass is 10.1. The van der Waals surface area contributed by atoms with Crippen LogP contribution in [-0.2, 0) is 4.79 Å². The van der Waals surface area contributed by atoms with Crippen molar-refractivity contribution < 1.29 is 18.3 Å². The van der Waals surface area contributed by atoms with E-state index in [1.165, 1.54) is 24.5 Å². The van der Waals surface area contributed by atoms with E-state index in [9.17, 15) is 13.6 Å². The second-order valence-corrected chi connectivity index (χ2v) is 5.99. The number of nitrogens with zero attached hydrogens (tertiary/aromatic N) is 2. The Kier molecular flexibility index (Phi) is 6.06. The van der Waals surface area contributed by atoms with Crippen LogP contribution in [0.25, 0.3) is 6.08 Å². The number of carbonyl (C=O) groups excluding carboxylic acids is 1. The third-order valence-electron chi connectivity index (χ3n) is 3.86. The molecule has 1 atom stereocenters. The van der Waals surface area contributed by atoms with Crippen molar-refractivity contribution in [2.75, 3.05) is 0 Å². The van der Waals surface area contributed by atoms with Crippen molar-refractivity contribution in [2.45, 2.75) is 13.0 Å². The summed E-state index contributed by atoms with van der Waals surface area (Å²) < 4.78 is 31.8. The minimum absolute atomic E-state index is 0.294. The molecule has 0 bridgehead atoms. The molecule has 1 heterocycles. The van der Waals surface area contributed by atoms with Crippen LogP contribution in [0.3, 0.4) is 0 Å². The highest BCUT2D eigenvalue weighted by atomic mass is 19.2. The van der Waals surface area contributed by atoms with E-state index in [0.29, 0.717) is 17.1 Å². The first kappa shape index (κ1) is 19.2. The van der Waals surface area contributed by atoms with Crippen LogP contribution in [0.5, 0.6) is 11.5 Å². The molecule has 5 nitrogen and oxygen atoms in total. The maximum Gasteiger partial charge on any atom is 0.244 e. The monoisotopic (exact) mass is 381 g/mol. The van der Waals surface area contributed by atoms with Gasteiger partial charge in [0.15, 0.2) is 17.4 Å². The summed E-state index contributed by atoms with van der Waals surface area (Å²) in [5.41, 5.74) is 1.23. The van der Waals surface area contributed by atoms with Crippen LogP contribution in [0.4, 0.5) is 8.78 Å². The van der Waals surface area contributed by atoms with Crippen molar-refractivity contribution in [3.8, 4) is 11.5 Å². The van der Waals surface area contributed by atoms with Gasteiger partial charge in [-0.3, -0.25) is 4.79 Å². The number of halogens is 2. The molecule has 7 heteroatoms. The molecule has 2 aromatic carbocycles. The second kappa shape index (κ2) is 8.85. The third-order valence-corrected chi connectivity index (χ3v) is 3.86. The second-order valence-electron chi connectivity index (χ2n) is 5.99. The van der Waals surface area contributed by atoms with E-state index in [0.717, 1.165) is 17.7 Å². The first-order chi connectivity index (χ1) is 13.5. The van der Waals surface area contributed by atoms with Crippen LogP contribution < -0.4 is 10.1 Å². The average molecular weight is 381 g/mol. The standard InChI is InChI=1S/C21H17F2N3O2/c1-14(26-21(27)8-6-15-5-7-19(22)20(23)9-15)16-3-2-4-17(10-16)28-18-11-24-13-25-12-18/h2-14H,1H3,(H,26,27)/b8-6+. The van der Waals surface area contributed by atoms with Gasteiger partial charge in [-0.2, -0.15) is 0 Å². The molecule has 0 saturated carbocycles. The van der Waals surface area contributed by atoms with Gasteiger partial charge >= 0.3 is 0 Å². The molecule has 1 N–H and O–H groups in total. The SMILES string of the molecule is CC(NC(=O)/C=C/c1ccc(F)c(F)c1)c1cccc(Oc2cncnc2)c1. The Morgan fingerprint density at radius 3 is 2.61 bits per heavy atom. The number of ether oxygens (including phenoxy) is 1. The van der Waals surface area contributed by atoms with Crippen LogP contribution in [0, 0.1) is 11.6 Å². The van der Waals surface area contributed by atoms with Gasteiger partial charge in [0, 0.05) is 6.08 Å². The summed E-state index contributed by atoms with van der Waals surface area (Å²) >= 11 is 0. The van der Waals surface area contributed by atoms with Gasteiger partial charge in [-0.05, 0) is 48.4 Å². The summed E-state index contributed by atoms with van der Waals surface area (Å²) in [6.45, 7) is 1.83. The fraction of sp³-hybridized carbons (Fsp3) is 0.0952. The summed E-state index contributed by atoms with van der Waals surface area (Å²) in [4.78, 5) is 19.9. The van der Waals surface area contributed by atoms with Gasteiger partial charge in [-0.1, -0.05) is 18.2 Å². The molecule has 3 aromatic rings. The lowest BCUT2D eigenvalue weighted by Gasteiger charge is -2.14. The molecule has 28 heavy (non-hydrogen) atoms. The molecular formula is C21H17F2N3O2. The van der Waals surface area contributed by atoms with Crippen LogP contribution in [0.2, 0.25) is 0 Å². The Balaban J connectivity index is 1.62. The van der Waals surface area contributed by atoms with Crippen molar-refractivity contribution in [1.82, 2.24) is 15.3 Å². The molecule has 0 aliphatic carbocycles. The molecule has 0 aliphatic heterocycles. The Bertz CT molecular complexity index is 994. The van der Waals surface area contributed by atoms with E-state index >= 15 is 0 Å². The zero-order chi connectivity index (χ0) is 19.9. The van der Waals surface area contributed by atoms with Gasteiger partial charge in [0.25, 0.3) is 0 Å². The quantitative estimate of drug-likeness (QED) is 0.641. The van der Waals surface area contributed by atoms with Gasteiger partial charge < -0.3 is 10.1 Å². The van der Waals surface area contributed by atoms with Crippen molar-refractivity contribution in [1.29, 1.82) is 0 Å². The highest BCUT2D eigenvalue weighted by Gasteiger charge is 2.09. The normalized spacial score (nSPS) is 12.0. The number of rotatable bonds is 6. The van der Waals surface area contributed by atoms with Crippen LogP contribution in [-0.4, -0.2) is 15.9 Å². The predicted molar refractivity (Wildman–Crippen MR) is 100 cm³/mol. The molecule has 1 unspecified atom stereocenters. The van der Waals surface area contributed by atoms with Gasteiger partial charge in [-0.25, -0.2) is 18.7 Å². The average Bonchev–Trinajstić information content (AvgIpc) is 2.70. The fourth-order valence-electron chi connectivity index (χ4n) is 2.45. The van der Waals surface area contributed by atoms with E-state index in [1.54, 1.807) is 24.5 Å². The lowest BCUT2D eigenvalue weighted by Crippen LogP contribution is -2.24. The molecule has 0 aliphatic rings. The van der Waals surface area contributed by atoms with Crippen LogP contribution >= 0.6 is 0 Å². The molecule has 142 valence electrons. The van der Waals surface area contributed by atoms with Crippen molar-refractivity contribution in [3.05, 3.63) is 90.0 Å². The van der Waals surface area contributed by atoms with Gasteiger partial charge in [0.2, 0.25) is 5.91 Å². The van der Waals surface area contributed by atoms with Gasteiger partial charge in [0.05, 0.1) is 18.4 Å². The molecule has 3 rings (SSSR count). The van der Waals surface area contributed by atoms with Crippen molar-refractivity contribution in [3.63, 3.8) is 0 Å². The number of amides is 1. The number of aromatic nitrogens is 2. The summed E-state index contributed by atoms with van der Waals surface area (Å²) in [6.07, 6.45) is 7.20. The Morgan fingerprint density at radius 2 is 1.86 bits per heavy atom. The largest absolute Gasteiger partial charge is 0.454 e. The summed E-state index contributed by atoms with van der Waals surface area (Å²) in [7, 11) is 0. The van der Waals surface area contributed by atoms with E-state index in [2.05, 4.69) is 15.3 Å². The summed E-state index contributed by atoms with van der Waals surface area (Å²) in [5, 5.41) is 2.81. The summed E-state index contributed by atoms with van der Waals surface area (Å²) in [6, 6.07) is 10.4. The molecular weight excluding hydrogens is 364 g/mol. The first-order valence-electron chi connectivity index (χ1n) is 8.48. The number of nitrogens with one attached hydrogen (secondary N) is 1. The number of hydrogen-bond donors (Lipinski definition) is 1. The van der Waals surface area contributed by atoms with Crippen LogP contribution in [0.1, 0.15) is 24.1 Å². The van der Waals surface area contributed by atoms with Gasteiger partial charge in [-0.15, -0.1) is 0 Å². The molecule has 0 saturated heterocycles. The molecule has 0 radical (unpaired) electrons. The smallest absolute Gasteiger partial charge is 0.244 e. The Hall–Kier alpha value is -3.61. The van der Waals surface area contributed by atoms with E-state index in [1.807, 2.05) is 19.1 Å². The summed E-state index contributed by atoms with van der Waals surface area (Å²) in [5.74, 6) is -1.16. The van der Waals surface area contributed by atoms with Crippen LogP contribution in [0.15, 0.2) is 67.3 Å². The molecule has 0 fully saturated rings. The highest BCUT2D eigenvalue weighted by molar-refractivity contribution is 5.91. The lowest BCUT2D eigenvalue weighted by molar-refractivity contribution is -0.117. The van der Waals surface area contributed by atoms with Crippen molar-refractivity contribution >= 4 is 12.0 Å². The fourth-order valence-corrected chi connectivity index (χ4v) is 2.45. The number of benzene rings is 2. The maximum absolute atomic E-state index is 13.2. The predicted octanol–water partition coefficient (Wildman–Crippen LogP) is 4.44. The maximum atomic E-state index is 13.2. The number of hydrogen-bond acceptors (Lipinski definition) is 4. The van der Waals surface area contributed by atoms with E-state index < -0.39 is 11.6 Å². The van der Waals surface area contributed by atoms with E-state index in [-0.39, 0.29) is 11.9 Å².